The second kappa shape index (κ2) is 9.97. The summed E-state index contributed by atoms with van der Waals surface area (Å²) in [6, 6.07) is -1.98. The van der Waals surface area contributed by atoms with Crippen molar-refractivity contribution in [1.29, 1.82) is 0 Å². The second-order valence-electron chi connectivity index (χ2n) is 3.48. The topological polar surface area (TPSA) is 181 Å². The first-order valence-electron chi connectivity index (χ1n) is 5.04. The molecule has 2 atom stereocenters. The molecule has 11 heteroatoms. The number of thiol groups is 1. The highest BCUT2D eigenvalue weighted by Crippen LogP contribution is 1.92. The van der Waals surface area contributed by atoms with E-state index in [2.05, 4.69) is 12.6 Å². The van der Waals surface area contributed by atoms with Crippen molar-refractivity contribution in [2.45, 2.75) is 24.9 Å². The minimum absolute atomic E-state index is 0.284. The van der Waals surface area contributed by atoms with Crippen molar-refractivity contribution in [3.63, 3.8) is 0 Å². The van der Waals surface area contributed by atoms with Gasteiger partial charge in [-0.25, -0.2) is 0 Å². The Balaban J connectivity index is 0. The summed E-state index contributed by atoms with van der Waals surface area (Å²) in [5.41, 5.74) is 10.0. The fraction of sp³-hybridized carbons (Fsp3) is 0.750. The van der Waals surface area contributed by atoms with Crippen molar-refractivity contribution in [1.82, 2.24) is 0 Å². The predicted octanol–water partition coefficient (Wildman–Crippen LogP) is -1.61. The Labute approximate surface area is 116 Å². The summed E-state index contributed by atoms with van der Waals surface area (Å²) in [5, 5.41) is 16.3. The van der Waals surface area contributed by atoms with Gasteiger partial charge in [-0.15, -0.1) is 0 Å². The van der Waals surface area contributed by atoms with Gasteiger partial charge < -0.3 is 21.7 Å². The van der Waals surface area contributed by atoms with Crippen LogP contribution < -0.4 is 11.5 Å². The zero-order valence-electron chi connectivity index (χ0n) is 9.97. The number of hydrogen-bond acceptors (Lipinski definition) is 7. The van der Waals surface area contributed by atoms with E-state index in [1.807, 2.05) is 0 Å². The van der Waals surface area contributed by atoms with Gasteiger partial charge in [0.25, 0.3) is 10.1 Å². The molecule has 7 N–H and O–H groups in total. The van der Waals surface area contributed by atoms with Crippen molar-refractivity contribution < 1.29 is 32.8 Å². The highest BCUT2D eigenvalue weighted by Gasteiger charge is 2.14. The van der Waals surface area contributed by atoms with E-state index in [4.69, 9.17) is 26.2 Å². The van der Waals surface area contributed by atoms with Crippen molar-refractivity contribution in [3.8, 4) is 0 Å². The van der Waals surface area contributed by atoms with Crippen LogP contribution in [0.1, 0.15) is 12.8 Å². The minimum Gasteiger partial charge on any atom is -0.480 e. The summed E-state index contributed by atoms with van der Waals surface area (Å²) in [4.78, 5) is 19.9. The molecule has 0 aliphatic heterocycles. The summed E-state index contributed by atoms with van der Waals surface area (Å²) < 4.78 is 28.3. The van der Waals surface area contributed by atoms with Gasteiger partial charge in [0, 0.05) is 0 Å². The Kier molecular flexibility index (Phi) is 10.7. The maximum atomic E-state index is 10.1. The molecule has 0 aromatic rings. The summed E-state index contributed by atoms with van der Waals surface area (Å²) in [5.74, 6) is -2.35. The lowest BCUT2D eigenvalue weighted by molar-refractivity contribution is -0.139. The lowest BCUT2D eigenvalue weighted by atomic mass is 10.2. The van der Waals surface area contributed by atoms with Crippen LogP contribution in [0, 0.1) is 0 Å². The van der Waals surface area contributed by atoms with Crippen LogP contribution in [0.15, 0.2) is 0 Å². The van der Waals surface area contributed by atoms with Crippen molar-refractivity contribution in [3.05, 3.63) is 0 Å². The first-order valence-corrected chi connectivity index (χ1v) is 7.28. The first-order chi connectivity index (χ1) is 8.51. The molecular formula is C8H18N2O7S2. The average molecular weight is 318 g/mol. The molecule has 0 heterocycles. The molecule has 0 saturated carbocycles. The highest BCUT2D eigenvalue weighted by atomic mass is 32.2. The Hall–Kier alpha value is -0.880. The van der Waals surface area contributed by atoms with Gasteiger partial charge in [-0.3, -0.25) is 14.1 Å². The van der Waals surface area contributed by atoms with E-state index in [1.165, 1.54) is 0 Å². The van der Waals surface area contributed by atoms with Crippen LogP contribution in [0.2, 0.25) is 0 Å². The van der Waals surface area contributed by atoms with Gasteiger partial charge in [0.15, 0.2) is 0 Å². The average Bonchev–Trinajstić information content (AvgIpc) is 2.25. The second-order valence-corrected chi connectivity index (χ2v) is 5.50. The molecule has 0 spiro atoms. The molecule has 0 aliphatic carbocycles. The normalized spacial score (nSPS) is 13.9. The lowest BCUT2D eigenvalue weighted by Gasteiger charge is -2.02. The van der Waals surface area contributed by atoms with Crippen LogP contribution in [0.5, 0.6) is 0 Å². The maximum absolute atomic E-state index is 10.1. The maximum Gasteiger partial charge on any atom is 0.320 e. The fourth-order valence-corrected chi connectivity index (χ4v) is 1.49. The summed E-state index contributed by atoms with van der Waals surface area (Å²) in [6.07, 6.45) is 0.145. The Bertz CT molecular complexity index is 385. The molecule has 0 saturated heterocycles. The number of aliphatic carboxylic acids is 2. The van der Waals surface area contributed by atoms with Crippen LogP contribution in [-0.2, 0) is 19.7 Å². The largest absolute Gasteiger partial charge is 0.480 e. The molecule has 0 aliphatic rings. The number of carbonyl (C=O) groups is 2. The molecule has 9 nitrogen and oxygen atoms in total. The number of rotatable bonds is 7. The van der Waals surface area contributed by atoms with Gasteiger partial charge in [0.05, 0.1) is 5.75 Å². The van der Waals surface area contributed by atoms with E-state index in [9.17, 15) is 18.0 Å². The quantitative estimate of drug-likeness (QED) is 0.238. The van der Waals surface area contributed by atoms with Crippen LogP contribution in [0.3, 0.4) is 0 Å². The smallest absolute Gasteiger partial charge is 0.320 e. The van der Waals surface area contributed by atoms with Crippen LogP contribution in [-0.4, -0.2) is 58.7 Å². The standard InChI is InChI=1S/C4H9NO5S.C4H9NO2S/c5-3(4(6)7)1-2-11(8,9)10;5-3(1-2-8)4(6)7/h3H,1-2,5H2,(H,6,7)(H,8,9,10);3,8H,1-2,5H2,(H,6,7)/t2*3-/m00/s1. The monoisotopic (exact) mass is 318 g/mol. The minimum atomic E-state index is -4.10. The molecule has 114 valence electrons. The van der Waals surface area contributed by atoms with E-state index in [-0.39, 0.29) is 6.42 Å². The summed E-state index contributed by atoms with van der Waals surface area (Å²) in [6.45, 7) is 0. The van der Waals surface area contributed by atoms with Gasteiger partial charge in [-0.05, 0) is 18.6 Å². The van der Waals surface area contributed by atoms with E-state index < -0.39 is 39.9 Å². The molecule has 0 aromatic carbocycles. The number of carboxylic acids is 2. The van der Waals surface area contributed by atoms with Crippen molar-refractivity contribution in [2.75, 3.05) is 11.5 Å². The van der Waals surface area contributed by atoms with E-state index in [0.29, 0.717) is 12.2 Å². The molecular weight excluding hydrogens is 300 g/mol. The third-order valence-electron chi connectivity index (χ3n) is 1.76. The lowest BCUT2D eigenvalue weighted by Crippen LogP contribution is -2.32. The Morgan fingerprint density at radius 1 is 1.05 bits per heavy atom. The molecule has 0 amide bonds. The van der Waals surface area contributed by atoms with Gasteiger partial charge in [-0.2, -0.15) is 21.0 Å². The van der Waals surface area contributed by atoms with E-state index in [0.717, 1.165) is 0 Å². The third kappa shape index (κ3) is 15.1. The van der Waals surface area contributed by atoms with Gasteiger partial charge in [-0.1, -0.05) is 0 Å². The van der Waals surface area contributed by atoms with Crippen molar-refractivity contribution >= 4 is 34.7 Å². The first kappa shape index (κ1) is 20.4. The molecule has 0 bridgehead atoms. The van der Waals surface area contributed by atoms with Crippen LogP contribution in [0.4, 0.5) is 0 Å². The molecule has 0 rings (SSSR count). The van der Waals surface area contributed by atoms with Crippen LogP contribution >= 0.6 is 12.6 Å². The Morgan fingerprint density at radius 2 is 1.42 bits per heavy atom. The fourth-order valence-electron chi connectivity index (χ4n) is 0.662. The van der Waals surface area contributed by atoms with Gasteiger partial charge in [0.2, 0.25) is 0 Å². The third-order valence-corrected chi connectivity index (χ3v) is 2.77. The Morgan fingerprint density at radius 3 is 1.63 bits per heavy atom. The summed E-state index contributed by atoms with van der Waals surface area (Å²) in [7, 11) is -4.10. The zero-order chi connectivity index (χ0) is 15.6. The predicted molar refractivity (Wildman–Crippen MR) is 70.7 cm³/mol. The van der Waals surface area contributed by atoms with Gasteiger partial charge in [0.1, 0.15) is 12.1 Å². The highest BCUT2D eigenvalue weighted by molar-refractivity contribution is 7.85. The molecule has 0 aromatic heterocycles. The van der Waals surface area contributed by atoms with Gasteiger partial charge >= 0.3 is 11.9 Å². The molecule has 0 unspecified atom stereocenters. The molecule has 0 fully saturated rings. The number of nitrogens with two attached hydrogens (primary N) is 2. The zero-order valence-corrected chi connectivity index (χ0v) is 11.7. The molecule has 0 radical (unpaired) electrons. The number of carboxylic acid groups (broad SMARTS) is 2. The SMILES string of the molecule is N[C@@H](CCS(=O)(=O)O)C(=O)O.N[C@@H](CCS)C(=O)O. The molecule has 19 heavy (non-hydrogen) atoms. The van der Waals surface area contributed by atoms with Crippen molar-refractivity contribution in [2.24, 2.45) is 11.5 Å². The van der Waals surface area contributed by atoms with E-state index in [1.54, 1.807) is 0 Å². The summed E-state index contributed by atoms with van der Waals surface area (Å²) >= 11 is 3.81. The van der Waals surface area contributed by atoms with E-state index >= 15 is 0 Å². The number of hydrogen-bond donors (Lipinski definition) is 6. The van der Waals surface area contributed by atoms with Crippen LogP contribution in [0.25, 0.3) is 0 Å².